The Balaban J connectivity index is 1.91. The molecule has 4 rings (SSSR count). The fourth-order valence-electron chi connectivity index (χ4n) is 6.97. The van der Waals surface area contributed by atoms with Crippen molar-refractivity contribution >= 4 is 17.7 Å². The highest BCUT2D eigenvalue weighted by Gasteiger charge is 2.85. The lowest BCUT2D eigenvalue weighted by molar-refractivity contribution is -0.220. The molecule has 0 radical (unpaired) electrons. The smallest absolute Gasteiger partial charge is 0.303 e. The second-order valence-electron chi connectivity index (χ2n) is 10.6. The van der Waals surface area contributed by atoms with Crippen LogP contribution in [0.3, 0.4) is 0 Å². The number of Topliss-reactive ketones (excluding diaryl/α,β-unsaturated/α-hetero) is 1. The Morgan fingerprint density at radius 3 is 2.31 bits per heavy atom. The predicted molar refractivity (Wildman–Crippen MR) is 112 cm³/mol. The van der Waals surface area contributed by atoms with Crippen molar-refractivity contribution < 1.29 is 39.2 Å². The van der Waals surface area contributed by atoms with Crippen molar-refractivity contribution in [3.63, 3.8) is 0 Å². The van der Waals surface area contributed by atoms with Gasteiger partial charge in [0.2, 0.25) is 0 Å². The van der Waals surface area contributed by atoms with Gasteiger partial charge in [-0.3, -0.25) is 14.4 Å². The van der Waals surface area contributed by atoms with Gasteiger partial charge in [0.25, 0.3) is 0 Å². The Hall–Kier alpha value is -2.03. The Bertz CT molecular complexity index is 963. The topological polar surface area (TPSA) is 130 Å². The van der Waals surface area contributed by atoms with E-state index in [9.17, 15) is 29.7 Å². The first-order valence-corrected chi connectivity index (χ1v) is 11.0. The molecule has 8 heteroatoms. The molecule has 0 aromatic rings. The molecule has 8 atom stereocenters. The van der Waals surface area contributed by atoms with Crippen LogP contribution in [0, 0.1) is 29.1 Å². The molecule has 0 saturated heterocycles. The molecule has 0 aromatic carbocycles. The van der Waals surface area contributed by atoms with Crippen molar-refractivity contribution in [3.05, 3.63) is 23.3 Å². The molecule has 0 aromatic heterocycles. The molecule has 0 heterocycles. The summed E-state index contributed by atoms with van der Waals surface area (Å²) in [5.74, 6) is -4.51. The van der Waals surface area contributed by atoms with Crippen LogP contribution in [-0.2, 0) is 23.9 Å². The zero-order chi connectivity index (χ0) is 24.0. The van der Waals surface area contributed by atoms with Gasteiger partial charge in [-0.05, 0) is 18.1 Å². The molecule has 0 spiro atoms. The summed E-state index contributed by atoms with van der Waals surface area (Å²) >= 11 is 0. The number of hydrogen-bond donors (Lipinski definition) is 3. The molecule has 4 aliphatic rings. The van der Waals surface area contributed by atoms with Gasteiger partial charge in [0, 0.05) is 49.4 Å². The number of rotatable bonds is 3. The molecule has 8 unspecified atom stereocenters. The summed E-state index contributed by atoms with van der Waals surface area (Å²) in [6.45, 7) is 9.37. The standard InChI is InChI=1S/C24H32O8/c1-11-7-17-22(28,19(11)27)9-15(10-31-13(3)25)8-16-18-21(5,6)24(18,30)20(32-14(4)26)12(2)23(16,17)29/h7-8,12,16-18,20,28-30H,9-10H2,1-6H3. The number of carbonyl (C=O) groups is 3. The van der Waals surface area contributed by atoms with Crippen LogP contribution in [0.4, 0.5) is 0 Å². The molecule has 2 saturated carbocycles. The zero-order valence-electron chi connectivity index (χ0n) is 19.3. The number of esters is 2. The zero-order valence-corrected chi connectivity index (χ0v) is 19.3. The fraction of sp³-hybridized carbons (Fsp3) is 0.708. The van der Waals surface area contributed by atoms with E-state index in [1.807, 2.05) is 13.8 Å². The van der Waals surface area contributed by atoms with Crippen LogP contribution in [-0.4, -0.2) is 62.6 Å². The quantitative estimate of drug-likeness (QED) is 0.432. The molecule has 0 aliphatic heterocycles. The summed E-state index contributed by atoms with van der Waals surface area (Å²) in [6.07, 6.45) is 2.23. The third kappa shape index (κ3) is 2.69. The second kappa shape index (κ2) is 6.74. The van der Waals surface area contributed by atoms with Gasteiger partial charge in [-0.1, -0.05) is 32.9 Å². The number of ketones is 1. The van der Waals surface area contributed by atoms with Crippen molar-refractivity contribution in [1.82, 2.24) is 0 Å². The van der Waals surface area contributed by atoms with Crippen LogP contribution in [0.25, 0.3) is 0 Å². The monoisotopic (exact) mass is 448 g/mol. The fourth-order valence-corrected chi connectivity index (χ4v) is 6.97. The molecule has 32 heavy (non-hydrogen) atoms. The van der Waals surface area contributed by atoms with Crippen molar-refractivity contribution in [3.8, 4) is 0 Å². The predicted octanol–water partition coefficient (Wildman–Crippen LogP) is 1.07. The highest BCUT2D eigenvalue weighted by molar-refractivity contribution is 6.04. The average Bonchev–Trinajstić information content (AvgIpc) is 3.07. The minimum absolute atomic E-state index is 0.104. The maximum Gasteiger partial charge on any atom is 0.303 e. The van der Waals surface area contributed by atoms with E-state index < -0.39 is 69.7 Å². The van der Waals surface area contributed by atoms with Gasteiger partial charge >= 0.3 is 11.9 Å². The largest absolute Gasteiger partial charge is 0.461 e. The number of ether oxygens (including phenoxy) is 2. The van der Waals surface area contributed by atoms with Crippen LogP contribution in [0.15, 0.2) is 23.3 Å². The number of carbonyl (C=O) groups excluding carboxylic acids is 3. The minimum Gasteiger partial charge on any atom is -0.461 e. The van der Waals surface area contributed by atoms with Gasteiger partial charge in [0.1, 0.15) is 23.9 Å². The van der Waals surface area contributed by atoms with Gasteiger partial charge in [-0.2, -0.15) is 0 Å². The highest BCUT2D eigenvalue weighted by atomic mass is 16.6. The van der Waals surface area contributed by atoms with E-state index >= 15 is 0 Å². The summed E-state index contributed by atoms with van der Waals surface area (Å²) in [7, 11) is 0. The van der Waals surface area contributed by atoms with Gasteiger partial charge < -0.3 is 24.8 Å². The van der Waals surface area contributed by atoms with E-state index in [0.717, 1.165) is 0 Å². The average molecular weight is 449 g/mol. The first-order chi connectivity index (χ1) is 14.6. The third-order valence-electron chi connectivity index (χ3n) is 8.56. The van der Waals surface area contributed by atoms with Crippen LogP contribution >= 0.6 is 0 Å². The lowest BCUT2D eigenvalue weighted by atomic mass is 9.59. The lowest BCUT2D eigenvalue weighted by Gasteiger charge is -2.52. The Kier molecular flexibility index (Phi) is 4.88. The van der Waals surface area contributed by atoms with Crippen LogP contribution < -0.4 is 0 Å². The van der Waals surface area contributed by atoms with E-state index in [-0.39, 0.29) is 13.0 Å². The molecule has 8 nitrogen and oxygen atoms in total. The Morgan fingerprint density at radius 1 is 1.12 bits per heavy atom. The molecule has 176 valence electrons. The molecule has 4 aliphatic carbocycles. The molecule has 3 N–H and O–H groups in total. The second-order valence-corrected chi connectivity index (χ2v) is 10.6. The van der Waals surface area contributed by atoms with Crippen LogP contribution in [0.5, 0.6) is 0 Å². The van der Waals surface area contributed by atoms with Gasteiger partial charge in [-0.15, -0.1) is 0 Å². The molecular weight excluding hydrogens is 416 g/mol. The number of hydrogen-bond acceptors (Lipinski definition) is 8. The van der Waals surface area contributed by atoms with Crippen molar-refractivity contribution in [2.24, 2.45) is 29.1 Å². The summed E-state index contributed by atoms with van der Waals surface area (Å²) in [4.78, 5) is 36.4. The normalized spacial score (nSPS) is 46.0. The lowest BCUT2D eigenvalue weighted by Crippen LogP contribution is -2.65. The Morgan fingerprint density at radius 2 is 1.75 bits per heavy atom. The number of aliphatic hydroxyl groups is 3. The maximum absolute atomic E-state index is 13.1. The van der Waals surface area contributed by atoms with E-state index in [4.69, 9.17) is 9.47 Å². The van der Waals surface area contributed by atoms with E-state index in [1.165, 1.54) is 13.8 Å². The molecule has 0 amide bonds. The van der Waals surface area contributed by atoms with Crippen LogP contribution in [0.2, 0.25) is 0 Å². The SMILES string of the molecule is CC(=O)OCC1=CC2C3C(C)(C)C3(O)C(OC(C)=O)C(C)C2(O)C2C=C(C)C(=O)C2(O)C1. The molecule has 2 fully saturated rings. The first kappa shape index (κ1) is 23.1. The van der Waals surface area contributed by atoms with Crippen molar-refractivity contribution in [2.45, 2.75) is 70.9 Å². The number of fused-ring (bicyclic) bond motifs is 5. The maximum atomic E-state index is 13.1. The summed E-state index contributed by atoms with van der Waals surface area (Å²) in [6, 6.07) is 0. The van der Waals surface area contributed by atoms with Gasteiger partial charge in [-0.25, -0.2) is 0 Å². The van der Waals surface area contributed by atoms with Crippen molar-refractivity contribution in [1.29, 1.82) is 0 Å². The summed E-state index contributed by atoms with van der Waals surface area (Å²) in [5.41, 5.74) is -4.86. The van der Waals surface area contributed by atoms with Gasteiger partial charge in [0.05, 0.1) is 5.60 Å². The molecule has 0 bridgehead atoms. The Labute approximate surface area is 187 Å². The van der Waals surface area contributed by atoms with E-state index in [2.05, 4.69) is 0 Å². The van der Waals surface area contributed by atoms with Crippen molar-refractivity contribution in [2.75, 3.05) is 6.61 Å². The highest BCUT2D eigenvalue weighted by Crippen LogP contribution is 2.75. The summed E-state index contributed by atoms with van der Waals surface area (Å²) in [5, 5.41) is 35.6. The first-order valence-electron chi connectivity index (χ1n) is 11.0. The molecular formula is C24H32O8. The van der Waals surface area contributed by atoms with Crippen LogP contribution in [0.1, 0.15) is 48.0 Å². The summed E-state index contributed by atoms with van der Waals surface area (Å²) < 4.78 is 10.7. The van der Waals surface area contributed by atoms with E-state index in [0.29, 0.717) is 11.1 Å². The van der Waals surface area contributed by atoms with Gasteiger partial charge in [0.15, 0.2) is 5.78 Å². The van der Waals surface area contributed by atoms with E-state index in [1.54, 1.807) is 26.0 Å². The minimum atomic E-state index is -1.93. The third-order valence-corrected chi connectivity index (χ3v) is 8.56.